The summed E-state index contributed by atoms with van der Waals surface area (Å²) in [6.45, 7) is 2.93. The Morgan fingerprint density at radius 2 is 1.88 bits per heavy atom. The minimum absolute atomic E-state index is 0.0539. The van der Waals surface area contributed by atoms with Crippen LogP contribution < -0.4 is 15.4 Å². The number of nitrogens with zero attached hydrogens (tertiary/aromatic N) is 3. The fraction of sp³-hybridized carbons (Fsp3) is 0.722. The number of carbonyl (C=O) groups excluding carboxylic acids is 1. The summed E-state index contributed by atoms with van der Waals surface area (Å²) in [5.41, 5.74) is 6.80. The SMILES string of the molecule is Nc1nc(OCCC2CC2)nc2c1CC(=O)N2CCC1CCOCC1. The average Bonchev–Trinajstić information content (AvgIpc) is 3.37. The lowest BCUT2D eigenvalue weighted by molar-refractivity contribution is -0.117. The summed E-state index contributed by atoms with van der Waals surface area (Å²) in [6.07, 6.45) is 7.02. The minimum atomic E-state index is 0.0539. The third kappa shape index (κ3) is 3.86. The number of aromatic nitrogens is 2. The monoisotopic (exact) mass is 346 g/mol. The smallest absolute Gasteiger partial charge is 0.320 e. The van der Waals surface area contributed by atoms with Crippen LogP contribution in [0.15, 0.2) is 0 Å². The van der Waals surface area contributed by atoms with Crippen LogP contribution in [0.5, 0.6) is 6.01 Å². The highest BCUT2D eigenvalue weighted by Gasteiger charge is 2.32. The van der Waals surface area contributed by atoms with Gasteiger partial charge in [0.15, 0.2) is 0 Å². The fourth-order valence-electron chi connectivity index (χ4n) is 3.59. The summed E-state index contributed by atoms with van der Waals surface area (Å²) >= 11 is 0. The van der Waals surface area contributed by atoms with Gasteiger partial charge in [0.25, 0.3) is 0 Å². The van der Waals surface area contributed by atoms with Crippen LogP contribution in [-0.2, 0) is 16.0 Å². The lowest BCUT2D eigenvalue weighted by atomic mass is 9.96. The fourth-order valence-corrected chi connectivity index (χ4v) is 3.59. The van der Waals surface area contributed by atoms with Gasteiger partial charge in [-0.05, 0) is 37.5 Å². The predicted molar refractivity (Wildman–Crippen MR) is 93.5 cm³/mol. The molecule has 136 valence electrons. The number of carbonyl (C=O) groups is 1. The van der Waals surface area contributed by atoms with Crippen molar-refractivity contribution in [3.05, 3.63) is 5.56 Å². The van der Waals surface area contributed by atoms with E-state index in [-0.39, 0.29) is 12.3 Å². The first-order chi connectivity index (χ1) is 12.2. The molecule has 1 saturated heterocycles. The van der Waals surface area contributed by atoms with Gasteiger partial charge in [-0.2, -0.15) is 9.97 Å². The zero-order valence-electron chi connectivity index (χ0n) is 14.6. The van der Waals surface area contributed by atoms with Crippen LogP contribution in [0.3, 0.4) is 0 Å². The van der Waals surface area contributed by atoms with Crippen LogP contribution >= 0.6 is 0 Å². The van der Waals surface area contributed by atoms with Crippen LogP contribution in [0.1, 0.15) is 44.1 Å². The first-order valence-corrected chi connectivity index (χ1v) is 9.38. The Morgan fingerprint density at radius 3 is 2.64 bits per heavy atom. The third-order valence-corrected chi connectivity index (χ3v) is 5.44. The second-order valence-electron chi connectivity index (χ2n) is 7.34. The summed E-state index contributed by atoms with van der Waals surface area (Å²) in [6, 6.07) is 0.294. The van der Waals surface area contributed by atoms with Gasteiger partial charge in [-0.3, -0.25) is 9.69 Å². The van der Waals surface area contributed by atoms with Gasteiger partial charge in [-0.15, -0.1) is 0 Å². The third-order valence-electron chi connectivity index (χ3n) is 5.44. The maximum absolute atomic E-state index is 12.4. The molecule has 7 nitrogen and oxygen atoms in total. The molecule has 0 bridgehead atoms. The van der Waals surface area contributed by atoms with Crippen LogP contribution in [0.4, 0.5) is 11.6 Å². The van der Waals surface area contributed by atoms with E-state index in [1.54, 1.807) is 4.90 Å². The van der Waals surface area contributed by atoms with Crippen LogP contribution in [0.25, 0.3) is 0 Å². The number of nitrogen functional groups attached to an aromatic ring is 1. The highest BCUT2D eigenvalue weighted by molar-refractivity contribution is 6.01. The molecule has 3 aliphatic rings. The van der Waals surface area contributed by atoms with E-state index >= 15 is 0 Å². The van der Waals surface area contributed by atoms with Crippen molar-refractivity contribution in [1.82, 2.24) is 9.97 Å². The van der Waals surface area contributed by atoms with Gasteiger partial charge in [0.05, 0.1) is 13.0 Å². The molecule has 1 aromatic rings. The average molecular weight is 346 g/mol. The molecule has 0 radical (unpaired) electrons. The molecule has 0 unspecified atom stereocenters. The Kier molecular flexibility index (Phi) is 4.74. The van der Waals surface area contributed by atoms with E-state index < -0.39 is 0 Å². The van der Waals surface area contributed by atoms with E-state index in [9.17, 15) is 4.79 Å². The first-order valence-electron chi connectivity index (χ1n) is 9.38. The molecule has 25 heavy (non-hydrogen) atoms. The molecule has 7 heteroatoms. The van der Waals surface area contributed by atoms with Crippen LogP contribution in [0, 0.1) is 11.8 Å². The molecule has 0 atom stereocenters. The lowest BCUT2D eigenvalue weighted by Crippen LogP contribution is -2.30. The Bertz CT molecular complexity index is 641. The molecule has 2 fully saturated rings. The highest BCUT2D eigenvalue weighted by atomic mass is 16.5. The number of hydrogen-bond acceptors (Lipinski definition) is 6. The Hall–Kier alpha value is -1.89. The van der Waals surface area contributed by atoms with E-state index in [1.807, 2.05) is 0 Å². The summed E-state index contributed by atoms with van der Waals surface area (Å²) in [7, 11) is 0. The van der Waals surface area contributed by atoms with Crippen LogP contribution in [-0.4, -0.2) is 42.2 Å². The van der Waals surface area contributed by atoms with Gasteiger partial charge >= 0.3 is 6.01 Å². The van der Waals surface area contributed by atoms with E-state index in [0.717, 1.165) is 50.4 Å². The highest BCUT2D eigenvalue weighted by Crippen LogP contribution is 2.34. The van der Waals surface area contributed by atoms with E-state index in [4.69, 9.17) is 15.2 Å². The van der Waals surface area contributed by atoms with Gasteiger partial charge in [0.2, 0.25) is 5.91 Å². The van der Waals surface area contributed by atoms with Gasteiger partial charge in [0.1, 0.15) is 11.6 Å². The zero-order valence-corrected chi connectivity index (χ0v) is 14.6. The summed E-state index contributed by atoms with van der Waals surface area (Å²) in [4.78, 5) is 22.9. The molecule has 1 saturated carbocycles. The number of amides is 1. The van der Waals surface area contributed by atoms with Crippen molar-refractivity contribution >= 4 is 17.5 Å². The van der Waals surface area contributed by atoms with Crippen molar-refractivity contribution in [1.29, 1.82) is 0 Å². The molecular formula is C18H26N4O3. The molecule has 1 amide bonds. The van der Waals surface area contributed by atoms with Crippen molar-refractivity contribution in [3.8, 4) is 6.01 Å². The van der Waals surface area contributed by atoms with Gasteiger partial charge < -0.3 is 15.2 Å². The molecular weight excluding hydrogens is 320 g/mol. The molecule has 2 aliphatic heterocycles. The topological polar surface area (TPSA) is 90.6 Å². The van der Waals surface area contributed by atoms with E-state index in [0.29, 0.717) is 36.7 Å². The Morgan fingerprint density at radius 1 is 1.12 bits per heavy atom. The molecule has 0 aromatic carbocycles. The van der Waals surface area contributed by atoms with Crippen molar-refractivity contribution in [3.63, 3.8) is 0 Å². The van der Waals surface area contributed by atoms with Gasteiger partial charge in [-0.1, -0.05) is 12.8 Å². The Balaban J connectivity index is 1.42. The lowest BCUT2D eigenvalue weighted by Gasteiger charge is -2.24. The minimum Gasteiger partial charge on any atom is -0.463 e. The number of nitrogens with two attached hydrogens (primary N) is 1. The second kappa shape index (κ2) is 7.15. The summed E-state index contributed by atoms with van der Waals surface area (Å²) < 4.78 is 11.1. The predicted octanol–water partition coefficient (Wildman–Crippen LogP) is 1.94. The standard InChI is InChI=1S/C18H26N4O3/c19-16-14-11-15(23)22(7-3-13-4-8-24-9-5-13)17(14)21-18(20-16)25-10-6-12-1-2-12/h12-13H,1-11H2,(H2,19,20,21). The van der Waals surface area contributed by atoms with Crippen molar-refractivity contribution in [2.75, 3.05) is 37.0 Å². The molecule has 1 aromatic heterocycles. The molecule has 3 heterocycles. The number of hydrogen-bond donors (Lipinski definition) is 1. The quantitative estimate of drug-likeness (QED) is 0.811. The normalized spacial score (nSPS) is 20.8. The van der Waals surface area contributed by atoms with Crippen molar-refractivity contribution < 1.29 is 14.3 Å². The van der Waals surface area contributed by atoms with E-state index in [2.05, 4.69) is 9.97 Å². The van der Waals surface area contributed by atoms with Gasteiger partial charge in [0, 0.05) is 25.3 Å². The molecule has 1 aliphatic carbocycles. The number of fused-ring (bicyclic) bond motifs is 1. The largest absolute Gasteiger partial charge is 0.463 e. The van der Waals surface area contributed by atoms with Crippen molar-refractivity contribution in [2.45, 2.75) is 44.9 Å². The molecule has 4 rings (SSSR count). The Labute approximate surface area is 147 Å². The zero-order chi connectivity index (χ0) is 17.2. The number of ether oxygens (including phenoxy) is 2. The summed E-state index contributed by atoms with van der Waals surface area (Å²) in [5.74, 6) is 2.47. The number of rotatable bonds is 7. The molecule has 2 N–H and O–H groups in total. The maximum atomic E-state index is 12.4. The summed E-state index contributed by atoms with van der Waals surface area (Å²) in [5, 5.41) is 0. The number of anilines is 2. The maximum Gasteiger partial charge on any atom is 0.320 e. The second-order valence-corrected chi connectivity index (χ2v) is 7.34. The van der Waals surface area contributed by atoms with Crippen LogP contribution in [0.2, 0.25) is 0 Å². The van der Waals surface area contributed by atoms with Crippen molar-refractivity contribution in [2.24, 2.45) is 11.8 Å². The molecule has 0 spiro atoms. The van der Waals surface area contributed by atoms with Gasteiger partial charge in [-0.25, -0.2) is 0 Å². The van der Waals surface area contributed by atoms with E-state index in [1.165, 1.54) is 12.8 Å². The first kappa shape index (κ1) is 16.6.